The molecule has 0 aliphatic rings. The lowest BCUT2D eigenvalue weighted by atomic mass is 10.2. The van der Waals surface area contributed by atoms with Gasteiger partial charge < -0.3 is 20.3 Å². The van der Waals surface area contributed by atoms with Crippen molar-refractivity contribution in [2.24, 2.45) is 0 Å². The molecule has 2 aromatic heterocycles. The molecule has 0 aliphatic carbocycles. The summed E-state index contributed by atoms with van der Waals surface area (Å²) in [6, 6.07) is 18.9. The van der Waals surface area contributed by atoms with E-state index in [1.807, 2.05) is 13.0 Å². The third-order valence-corrected chi connectivity index (χ3v) is 6.58. The average molecular weight is 543 g/mol. The van der Waals surface area contributed by atoms with E-state index in [0.717, 1.165) is 6.07 Å². The van der Waals surface area contributed by atoms with Gasteiger partial charge in [0.25, 0.3) is 11.5 Å². The summed E-state index contributed by atoms with van der Waals surface area (Å²) in [5.74, 6) is -1.13. The van der Waals surface area contributed by atoms with Gasteiger partial charge in [0.2, 0.25) is 0 Å². The van der Waals surface area contributed by atoms with E-state index >= 15 is 4.39 Å². The monoisotopic (exact) mass is 542 g/mol. The van der Waals surface area contributed by atoms with Crippen molar-refractivity contribution in [3.8, 4) is 22.9 Å². The smallest absolute Gasteiger partial charge is 0.284 e. The summed E-state index contributed by atoms with van der Waals surface area (Å²) in [4.78, 5) is 30.9. The highest BCUT2D eigenvalue weighted by molar-refractivity contribution is 6.05. The van der Waals surface area contributed by atoms with Crippen molar-refractivity contribution in [2.45, 2.75) is 32.9 Å². The molecule has 5 rings (SSSR count). The van der Waals surface area contributed by atoms with Crippen molar-refractivity contribution in [3.63, 3.8) is 0 Å². The third-order valence-electron chi connectivity index (χ3n) is 6.58. The number of aromatic nitrogens is 3. The Kier molecular flexibility index (Phi) is 7.35. The van der Waals surface area contributed by atoms with Gasteiger partial charge in [-0.15, -0.1) is 0 Å². The van der Waals surface area contributed by atoms with Crippen LogP contribution in [0.5, 0.6) is 17.2 Å². The van der Waals surface area contributed by atoms with Gasteiger partial charge in [-0.1, -0.05) is 25.1 Å². The molecule has 2 heterocycles. The normalized spacial score (nSPS) is 11.9. The maximum atomic E-state index is 15.1. The van der Waals surface area contributed by atoms with Gasteiger partial charge in [-0.05, 0) is 55.8 Å². The number of hydrogen-bond donors (Lipinski definition) is 3. The molecule has 3 aromatic carbocycles. The van der Waals surface area contributed by atoms with Crippen LogP contribution in [-0.2, 0) is 6.54 Å². The number of ether oxygens (including phenoxy) is 1. The van der Waals surface area contributed by atoms with Gasteiger partial charge >= 0.3 is 0 Å². The molecule has 1 unspecified atom stereocenters. The van der Waals surface area contributed by atoms with Gasteiger partial charge in [0.05, 0.1) is 29.5 Å². The summed E-state index contributed by atoms with van der Waals surface area (Å²) < 4.78 is 23.8. The molecular weight excluding hydrogens is 515 g/mol. The lowest BCUT2D eigenvalue weighted by Crippen LogP contribution is -2.27. The van der Waals surface area contributed by atoms with Gasteiger partial charge in [-0.2, -0.15) is 0 Å². The van der Waals surface area contributed by atoms with E-state index in [-0.39, 0.29) is 29.3 Å². The van der Waals surface area contributed by atoms with Gasteiger partial charge in [0.15, 0.2) is 11.6 Å². The minimum atomic E-state index is -0.733. The number of fused-ring (bicyclic) bond motifs is 1. The maximum absolute atomic E-state index is 15.1. The molecule has 0 fully saturated rings. The molecule has 5 aromatic rings. The Bertz CT molecular complexity index is 1760. The Morgan fingerprint density at radius 3 is 2.58 bits per heavy atom. The first-order valence-electron chi connectivity index (χ1n) is 12.7. The van der Waals surface area contributed by atoms with Gasteiger partial charge in [0.1, 0.15) is 17.1 Å². The lowest BCUT2D eigenvalue weighted by Gasteiger charge is -2.16. The number of aliphatic hydroxyl groups is 1. The maximum Gasteiger partial charge on any atom is 0.284 e. The minimum absolute atomic E-state index is 0.0473. The number of pyridine rings is 1. The molecule has 10 heteroatoms. The second kappa shape index (κ2) is 11.0. The lowest BCUT2D eigenvalue weighted by molar-refractivity contribution is 0.102. The van der Waals surface area contributed by atoms with E-state index in [0.29, 0.717) is 34.5 Å². The standard InChI is InChI=1S/C30H27FN4O5/c1-3-21(36)17-34-18(2)28(30(39)35(34)20-7-5-4-6-8-20)29(38)33-19-9-12-27(24(31)15-19)40-26-13-14-32-25-16-22(37)10-11-23(25)26/h4-16,21,36-37H,3,17H2,1-2H3,(H,33,38). The van der Waals surface area contributed by atoms with Gasteiger partial charge in [-0.25, -0.2) is 9.07 Å². The number of para-hydroxylation sites is 1. The van der Waals surface area contributed by atoms with Crippen LogP contribution in [-0.4, -0.2) is 36.6 Å². The minimum Gasteiger partial charge on any atom is -0.508 e. The molecule has 1 atom stereocenters. The Labute approximate surface area is 228 Å². The Hall–Kier alpha value is -4.96. The Balaban J connectivity index is 1.43. The van der Waals surface area contributed by atoms with E-state index in [4.69, 9.17) is 4.74 Å². The zero-order valence-electron chi connectivity index (χ0n) is 21.8. The summed E-state index contributed by atoms with van der Waals surface area (Å²) in [5.41, 5.74) is 0.863. The summed E-state index contributed by atoms with van der Waals surface area (Å²) in [6.07, 6.45) is 1.23. The molecule has 0 spiro atoms. The topological polar surface area (TPSA) is 119 Å². The predicted octanol–water partition coefficient (Wildman–Crippen LogP) is 5.16. The number of phenols is 1. The summed E-state index contributed by atoms with van der Waals surface area (Å²) in [5, 5.41) is 23.2. The van der Waals surface area contributed by atoms with Crippen LogP contribution in [0.15, 0.2) is 83.8 Å². The van der Waals surface area contributed by atoms with Crippen molar-refractivity contribution in [1.29, 1.82) is 0 Å². The molecular formula is C30H27FN4O5. The van der Waals surface area contributed by atoms with Crippen LogP contribution in [0.1, 0.15) is 29.4 Å². The number of benzene rings is 3. The first-order chi connectivity index (χ1) is 19.3. The highest BCUT2D eigenvalue weighted by Crippen LogP contribution is 2.32. The van der Waals surface area contributed by atoms with Crippen molar-refractivity contribution in [3.05, 3.63) is 106 Å². The van der Waals surface area contributed by atoms with Crippen LogP contribution >= 0.6 is 0 Å². The first kappa shape index (κ1) is 26.6. The number of phenolic OH excluding ortho intramolecular Hbond substituents is 1. The number of nitrogens with one attached hydrogen (secondary N) is 1. The molecule has 0 aliphatic heterocycles. The van der Waals surface area contributed by atoms with Crippen LogP contribution in [0, 0.1) is 12.7 Å². The number of hydrogen-bond acceptors (Lipinski definition) is 6. The number of aliphatic hydroxyl groups excluding tert-OH is 1. The molecule has 0 saturated carbocycles. The average Bonchev–Trinajstić information content (AvgIpc) is 3.19. The quantitative estimate of drug-likeness (QED) is 0.249. The van der Waals surface area contributed by atoms with Crippen molar-refractivity contribution in [2.75, 3.05) is 5.32 Å². The van der Waals surface area contributed by atoms with E-state index in [9.17, 15) is 19.8 Å². The number of carbonyl (C=O) groups excluding carboxylic acids is 1. The second-order valence-corrected chi connectivity index (χ2v) is 9.27. The zero-order valence-corrected chi connectivity index (χ0v) is 21.8. The van der Waals surface area contributed by atoms with Crippen LogP contribution in [0.2, 0.25) is 0 Å². The molecule has 9 nitrogen and oxygen atoms in total. The fourth-order valence-corrected chi connectivity index (χ4v) is 4.46. The molecule has 0 radical (unpaired) electrons. The molecule has 1 amide bonds. The number of nitrogens with zero attached hydrogens (tertiary/aromatic N) is 3. The molecule has 3 N–H and O–H groups in total. The highest BCUT2D eigenvalue weighted by atomic mass is 19.1. The predicted molar refractivity (Wildman–Crippen MR) is 149 cm³/mol. The highest BCUT2D eigenvalue weighted by Gasteiger charge is 2.25. The summed E-state index contributed by atoms with van der Waals surface area (Å²) >= 11 is 0. The number of anilines is 1. The summed E-state index contributed by atoms with van der Waals surface area (Å²) in [6.45, 7) is 3.57. The molecule has 0 bridgehead atoms. The van der Waals surface area contributed by atoms with Crippen molar-refractivity contribution in [1.82, 2.24) is 14.3 Å². The zero-order chi connectivity index (χ0) is 28.4. The van der Waals surface area contributed by atoms with E-state index in [1.54, 1.807) is 48.0 Å². The van der Waals surface area contributed by atoms with Crippen LogP contribution in [0.25, 0.3) is 16.6 Å². The number of halogens is 1. The third kappa shape index (κ3) is 5.16. The Morgan fingerprint density at radius 2 is 1.85 bits per heavy atom. The van der Waals surface area contributed by atoms with Crippen molar-refractivity contribution >= 4 is 22.5 Å². The van der Waals surface area contributed by atoms with Gasteiger partial charge in [-0.3, -0.25) is 19.3 Å². The Morgan fingerprint density at radius 1 is 1.07 bits per heavy atom. The van der Waals surface area contributed by atoms with Crippen molar-refractivity contribution < 1.29 is 24.1 Å². The summed E-state index contributed by atoms with van der Waals surface area (Å²) in [7, 11) is 0. The first-order valence-corrected chi connectivity index (χ1v) is 12.7. The van der Waals surface area contributed by atoms with E-state index in [1.165, 1.54) is 35.1 Å². The SMILES string of the molecule is CCC(O)Cn1c(C)c(C(=O)Nc2ccc(Oc3ccnc4cc(O)ccc34)c(F)c2)c(=O)n1-c1ccccc1. The van der Waals surface area contributed by atoms with E-state index in [2.05, 4.69) is 10.3 Å². The molecule has 40 heavy (non-hydrogen) atoms. The molecule has 0 saturated heterocycles. The number of rotatable bonds is 8. The fourth-order valence-electron chi connectivity index (χ4n) is 4.46. The number of aromatic hydroxyl groups is 1. The molecule has 204 valence electrons. The largest absolute Gasteiger partial charge is 0.508 e. The van der Waals surface area contributed by atoms with E-state index < -0.39 is 23.4 Å². The second-order valence-electron chi connectivity index (χ2n) is 9.27. The fraction of sp³-hybridized carbons (Fsp3) is 0.167. The van der Waals surface area contributed by atoms with Crippen LogP contribution < -0.4 is 15.6 Å². The number of carbonyl (C=O) groups is 1. The number of amides is 1. The van der Waals surface area contributed by atoms with Crippen LogP contribution in [0.3, 0.4) is 0 Å². The van der Waals surface area contributed by atoms with Gasteiger partial charge in [0, 0.05) is 29.4 Å². The van der Waals surface area contributed by atoms with Crippen LogP contribution in [0.4, 0.5) is 10.1 Å².